The number of nitrogens with one attached hydrogen (secondary N) is 2. The Labute approximate surface area is 209 Å². The highest BCUT2D eigenvalue weighted by Crippen LogP contribution is 2.47. The summed E-state index contributed by atoms with van der Waals surface area (Å²) < 4.78 is 6.01. The first-order valence-corrected chi connectivity index (χ1v) is 12.3. The van der Waals surface area contributed by atoms with E-state index in [0.717, 1.165) is 49.4 Å². The standard InChI is InChI=1S/C31H25BN2O2/c1-31(2)25-9-5-6-10-28(25)34-30-18-29-24(17-26(30)31)23-16-22(13-14-27(23)33-29)36-32(35)21-12-11-19-7-3-4-8-20(19)15-21/h3-18,33-35H,1-2H3. The number of anilines is 2. The highest BCUT2D eigenvalue weighted by atomic mass is 16.5. The summed E-state index contributed by atoms with van der Waals surface area (Å²) in [6, 6.07) is 32.9. The van der Waals surface area contributed by atoms with Crippen LogP contribution in [0.4, 0.5) is 11.4 Å². The van der Waals surface area contributed by atoms with Gasteiger partial charge in [0, 0.05) is 38.6 Å². The molecule has 1 aromatic heterocycles. The summed E-state index contributed by atoms with van der Waals surface area (Å²) in [4.78, 5) is 3.55. The van der Waals surface area contributed by atoms with Gasteiger partial charge in [0.1, 0.15) is 5.75 Å². The molecule has 0 unspecified atom stereocenters. The summed E-state index contributed by atoms with van der Waals surface area (Å²) in [6.07, 6.45) is 0. The zero-order chi connectivity index (χ0) is 24.4. The van der Waals surface area contributed by atoms with E-state index in [0.29, 0.717) is 5.75 Å². The van der Waals surface area contributed by atoms with Gasteiger partial charge in [-0.15, -0.1) is 0 Å². The zero-order valence-corrected chi connectivity index (χ0v) is 20.2. The lowest BCUT2D eigenvalue weighted by Crippen LogP contribution is -2.36. The zero-order valence-electron chi connectivity index (χ0n) is 20.2. The van der Waals surface area contributed by atoms with E-state index in [1.807, 2.05) is 54.6 Å². The molecule has 2 heterocycles. The van der Waals surface area contributed by atoms with Crippen LogP contribution in [0.2, 0.25) is 0 Å². The molecule has 0 spiro atoms. The molecule has 0 aliphatic carbocycles. The molecule has 174 valence electrons. The van der Waals surface area contributed by atoms with Gasteiger partial charge in [-0.1, -0.05) is 74.5 Å². The first kappa shape index (κ1) is 21.1. The van der Waals surface area contributed by atoms with Gasteiger partial charge < -0.3 is 20.0 Å². The summed E-state index contributed by atoms with van der Waals surface area (Å²) in [5.74, 6) is 0.629. The minimum Gasteiger partial charge on any atom is -0.532 e. The SMILES string of the molecule is CC1(C)c2ccccc2Nc2cc3[nH]c4ccc(OB(O)c5ccc6ccccc6c5)cc4c3cc21. The Balaban J connectivity index is 1.28. The van der Waals surface area contributed by atoms with E-state index in [-0.39, 0.29) is 5.41 Å². The fraction of sp³-hybridized carbons (Fsp3) is 0.0968. The molecule has 5 heteroatoms. The van der Waals surface area contributed by atoms with Gasteiger partial charge in [-0.3, -0.25) is 0 Å². The third-order valence-electron chi connectivity index (χ3n) is 7.56. The number of para-hydroxylation sites is 1. The molecule has 0 saturated heterocycles. The van der Waals surface area contributed by atoms with Crippen LogP contribution in [0, 0.1) is 0 Å². The number of benzene rings is 5. The fourth-order valence-corrected chi connectivity index (χ4v) is 5.61. The number of fused-ring (bicyclic) bond motifs is 6. The molecule has 4 nitrogen and oxygen atoms in total. The van der Waals surface area contributed by atoms with Crippen molar-refractivity contribution in [1.82, 2.24) is 4.98 Å². The van der Waals surface area contributed by atoms with E-state index >= 15 is 0 Å². The van der Waals surface area contributed by atoms with Crippen molar-refractivity contribution in [1.29, 1.82) is 0 Å². The molecule has 1 aliphatic heterocycles. The second-order valence-electron chi connectivity index (χ2n) is 10.1. The summed E-state index contributed by atoms with van der Waals surface area (Å²) in [5.41, 5.74) is 7.54. The second-order valence-corrected chi connectivity index (χ2v) is 10.1. The van der Waals surface area contributed by atoms with Gasteiger partial charge in [0.15, 0.2) is 0 Å². The van der Waals surface area contributed by atoms with Crippen molar-refractivity contribution in [2.45, 2.75) is 19.3 Å². The third kappa shape index (κ3) is 3.20. The quantitative estimate of drug-likeness (QED) is 0.256. The normalized spacial score (nSPS) is 13.9. The minimum absolute atomic E-state index is 0.130. The number of aromatic nitrogens is 1. The lowest BCUT2D eigenvalue weighted by molar-refractivity contribution is 0.433. The lowest BCUT2D eigenvalue weighted by atomic mass is 9.74. The van der Waals surface area contributed by atoms with Crippen LogP contribution in [-0.2, 0) is 5.41 Å². The van der Waals surface area contributed by atoms with Crippen LogP contribution in [0.1, 0.15) is 25.0 Å². The van der Waals surface area contributed by atoms with Gasteiger partial charge in [0.25, 0.3) is 0 Å². The van der Waals surface area contributed by atoms with Crippen molar-refractivity contribution in [3.05, 3.63) is 108 Å². The maximum atomic E-state index is 10.9. The Morgan fingerprint density at radius 2 is 1.47 bits per heavy atom. The monoisotopic (exact) mass is 468 g/mol. The maximum Gasteiger partial charge on any atom is 0.560 e. The second kappa shape index (κ2) is 7.64. The van der Waals surface area contributed by atoms with Crippen molar-refractivity contribution in [3.63, 3.8) is 0 Å². The van der Waals surface area contributed by atoms with Gasteiger partial charge >= 0.3 is 7.12 Å². The molecule has 7 rings (SSSR count). The van der Waals surface area contributed by atoms with Crippen LogP contribution < -0.4 is 15.4 Å². The average molecular weight is 468 g/mol. The summed E-state index contributed by atoms with van der Waals surface area (Å²) in [7, 11) is -1.05. The topological polar surface area (TPSA) is 57.3 Å². The summed E-state index contributed by atoms with van der Waals surface area (Å²) in [5, 5.41) is 18.9. The number of hydrogen-bond donors (Lipinski definition) is 3. The van der Waals surface area contributed by atoms with Crippen LogP contribution in [0.15, 0.2) is 97.1 Å². The van der Waals surface area contributed by atoms with E-state index in [1.165, 1.54) is 11.1 Å². The van der Waals surface area contributed by atoms with Crippen LogP contribution in [0.3, 0.4) is 0 Å². The molecule has 5 aromatic carbocycles. The van der Waals surface area contributed by atoms with Gasteiger partial charge in [-0.05, 0) is 63.8 Å². The van der Waals surface area contributed by atoms with Crippen molar-refractivity contribution in [2.24, 2.45) is 0 Å². The minimum atomic E-state index is -1.05. The van der Waals surface area contributed by atoms with E-state index in [4.69, 9.17) is 4.65 Å². The van der Waals surface area contributed by atoms with Crippen molar-refractivity contribution in [2.75, 3.05) is 5.32 Å². The molecule has 36 heavy (non-hydrogen) atoms. The maximum absolute atomic E-state index is 10.9. The smallest absolute Gasteiger partial charge is 0.532 e. The third-order valence-corrected chi connectivity index (χ3v) is 7.56. The van der Waals surface area contributed by atoms with Crippen LogP contribution >= 0.6 is 0 Å². The molecule has 1 aliphatic rings. The molecule has 0 fully saturated rings. The van der Waals surface area contributed by atoms with Crippen molar-refractivity contribution >= 4 is 56.5 Å². The Kier molecular flexibility index (Phi) is 4.48. The summed E-state index contributed by atoms with van der Waals surface area (Å²) >= 11 is 0. The Hall–Kier alpha value is -4.22. The predicted octanol–water partition coefficient (Wildman–Crippen LogP) is 6.62. The van der Waals surface area contributed by atoms with Crippen molar-refractivity contribution in [3.8, 4) is 5.75 Å². The molecular weight excluding hydrogens is 443 g/mol. The Morgan fingerprint density at radius 1 is 0.694 bits per heavy atom. The van der Waals surface area contributed by atoms with E-state index in [2.05, 4.69) is 66.6 Å². The number of H-pyrrole nitrogens is 1. The Bertz CT molecular complexity index is 1800. The number of rotatable bonds is 3. The molecule has 0 radical (unpaired) electrons. The first-order chi connectivity index (χ1) is 17.5. The largest absolute Gasteiger partial charge is 0.560 e. The Morgan fingerprint density at radius 3 is 2.36 bits per heavy atom. The van der Waals surface area contributed by atoms with E-state index in [9.17, 15) is 5.02 Å². The van der Waals surface area contributed by atoms with Gasteiger partial charge in [0.05, 0.1) is 0 Å². The fourth-order valence-electron chi connectivity index (χ4n) is 5.61. The molecule has 0 amide bonds. The molecule has 0 bridgehead atoms. The average Bonchev–Trinajstić information content (AvgIpc) is 3.24. The van der Waals surface area contributed by atoms with E-state index in [1.54, 1.807) is 0 Å². The first-order valence-electron chi connectivity index (χ1n) is 12.3. The van der Waals surface area contributed by atoms with Crippen molar-refractivity contribution < 1.29 is 9.68 Å². The highest BCUT2D eigenvalue weighted by Gasteiger charge is 2.33. The molecule has 0 atom stereocenters. The van der Waals surface area contributed by atoms with Gasteiger partial charge in [-0.2, -0.15) is 0 Å². The highest BCUT2D eigenvalue weighted by molar-refractivity contribution is 6.61. The van der Waals surface area contributed by atoms with Crippen LogP contribution in [0.25, 0.3) is 32.6 Å². The summed E-state index contributed by atoms with van der Waals surface area (Å²) in [6.45, 7) is 4.56. The van der Waals surface area contributed by atoms with Gasteiger partial charge in [-0.25, -0.2) is 0 Å². The van der Waals surface area contributed by atoms with E-state index < -0.39 is 7.12 Å². The molecule has 6 aromatic rings. The predicted molar refractivity (Wildman–Crippen MR) is 150 cm³/mol. The number of aromatic amines is 1. The van der Waals surface area contributed by atoms with Crippen LogP contribution in [-0.4, -0.2) is 17.1 Å². The molecule has 0 saturated carbocycles. The van der Waals surface area contributed by atoms with Gasteiger partial charge in [0.2, 0.25) is 0 Å². The molecule has 3 N–H and O–H groups in total. The van der Waals surface area contributed by atoms with Crippen LogP contribution in [0.5, 0.6) is 5.75 Å². The number of hydrogen-bond acceptors (Lipinski definition) is 3. The lowest BCUT2D eigenvalue weighted by Gasteiger charge is -2.35. The molecular formula is C31H25BN2O2.